The fourth-order valence-corrected chi connectivity index (χ4v) is 1.87. The third kappa shape index (κ3) is 3.02. The molecule has 0 saturated carbocycles. The van der Waals surface area contributed by atoms with Crippen LogP contribution in [0.25, 0.3) is 0 Å². The number of rotatable bonds is 4. The van der Waals surface area contributed by atoms with Gasteiger partial charge in [0.1, 0.15) is 0 Å². The molecule has 3 nitrogen and oxygen atoms in total. The summed E-state index contributed by atoms with van der Waals surface area (Å²) in [6, 6.07) is 15.2. The molecule has 0 spiro atoms. The number of aliphatic carboxylic acids is 1. The highest BCUT2D eigenvalue weighted by molar-refractivity contribution is 6.30. The van der Waals surface area contributed by atoms with Crippen LogP contribution in [-0.4, -0.2) is 11.1 Å². The Balaban J connectivity index is 2.25. The zero-order valence-corrected chi connectivity index (χ0v) is 10.3. The van der Waals surface area contributed by atoms with Crippen molar-refractivity contribution in [3.05, 3.63) is 65.2 Å². The molecular formula is C14H12ClNO2. The van der Waals surface area contributed by atoms with Gasteiger partial charge in [-0.3, -0.25) is 0 Å². The molecule has 2 aromatic carbocycles. The van der Waals surface area contributed by atoms with Crippen molar-refractivity contribution < 1.29 is 9.90 Å². The predicted octanol–water partition coefficient (Wildman–Crippen LogP) is 3.58. The standard InChI is InChI=1S/C14H12ClNO2/c15-11-7-4-8-12(9-11)16-13(14(17)18)10-5-2-1-3-6-10/h1-9,13,16H,(H,17,18)/t13-/m0/s1. The van der Waals surface area contributed by atoms with Crippen LogP contribution < -0.4 is 5.32 Å². The lowest BCUT2D eigenvalue weighted by atomic mass is 10.1. The first-order valence-electron chi connectivity index (χ1n) is 5.46. The van der Waals surface area contributed by atoms with Crippen molar-refractivity contribution in [2.45, 2.75) is 6.04 Å². The second kappa shape index (κ2) is 5.56. The molecule has 0 heterocycles. The minimum absolute atomic E-state index is 0.567. The van der Waals surface area contributed by atoms with Crippen LogP contribution in [-0.2, 0) is 4.79 Å². The molecule has 92 valence electrons. The Morgan fingerprint density at radius 3 is 2.44 bits per heavy atom. The predicted molar refractivity (Wildman–Crippen MR) is 71.9 cm³/mol. The minimum atomic E-state index is -0.929. The quantitative estimate of drug-likeness (QED) is 0.884. The van der Waals surface area contributed by atoms with Crippen LogP contribution in [0, 0.1) is 0 Å². The second-order valence-corrected chi connectivity index (χ2v) is 4.27. The summed E-state index contributed by atoms with van der Waals surface area (Å²) in [5, 5.41) is 12.8. The molecule has 18 heavy (non-hydrogen) atoms. The maximum absolute atomic E-state index is 11.3. The van der Waals surface area contributed by atoms with Gasteiger partial charge in [-0.15, -0.1) is 0 Å². The third-order valence-corrected chi connectivity index (χ3v) is 2.75. The number of nitrogens with one attached hydrogen (secondary N) is 1. The lowest BCUT2D eigenvalue weighted by Crippen LogP contribution is -2.20. The number of hydrogen-bond acceptors (Lipinski definition) is 2. The van der Waals surface area contributed by atoms with Crippen molar-refractivity contribution in [2.75, 3.05) is 5.32 Å². The maximum Gasteiger partial charge on any atom is 0.330 e. The van der Waals surface area contributed by atoms with Crippen molar-refractivity contribution in [1.29, 1.82) is 0 Å². The van der Waals surface area contributed by atoms with Gasteiger partial charge in [0.15, 0.2) is 6.04 Å². The summed E-state index contributed by atoms with van der Waals surface area (Å²) in [7, 11) is 0. The largest absolute Gasteiger partial charge is 0.479 e. The summed E-state index contributed by atoms with van der Waals surface area (Å²) in [5.74, 6) is -0.929. The van der Waals surface area contributed by atoms with Gasteiger partial charge in [0, 0.05) is 10.7 Å². The first-order valence-corrected chi connectivity index (χ1v) is 5.84. The Morgan fingerprint density at radius 1 is 1.11 bits per heavy atom. The molecule has 0 aliphatic carbocycles. The summed E-state index contributed by atoms with van der Waals surface area (Å²) in [4.78, 5) is 11.3. The van der Waals surface area contributed by atoms with E-state index in [9.17, 15) is 9.90 Å². The molecule has 4 heteroatoms. The van der Waals surface area contributed by atoms with Gasteiger partial charge in [-0.05, 0) is 23.8 Å². The molecule has 0 amide bonds. The van der Waals surface area contributed by atoms with Crippen LogP contribution in [0.3, 0.4) is 0 Å². The third-order valence-electron chi connectivity index (χ3n) is 2.52. The first kappa shape index (κ1) is 12.5. The highest BCUT2D eigenvalue weighted by atomic mass is 35.5. The summed E-state index contributed by atoms with van der Waals surface area (Å²) < 4.78 is 0. The lowest BCUT2D eigenvalue weighted by Gasteiger charge is -2.16. The van der Waals surface area contributed by atoms with Crippen molar-refractivity contribution in [3.8, 4) is 0 Å². The number of benzene rings is 2. The number of carboxylic acids is 1. The van der Waals surface area contributed by atoms with Crippen LogP contribution in [0.2, 0.25) is 5.02 Å². The van der Waals surface area contributed by atoms with Gasteiger partial charge in [-0.1, -0.05) is 48.0 Å². The Kier molecular flexibility index (Phi) is 3.85. The SMILES string of the molecule is O=C(O)[C@@H](Nc1cccc(Cl)c1)c1ccccc1. The van der Waals surface area contributed by atoms with Crippen molar-refractivity contribution in [2.24, 2.45) is 0 Å². The van der Waals surface area contributed by atoms with E-state index in [2.05, 4.69) is 5.32 Å². The van der Waals surface area contributed by atoms with E-state index in [-0.39, 0.29) is 0 Å². The molecule has 1 atom stereocenters. The monoisotopic (exact) mass is 261 g/mol. The molecule has 0 radical (unpaired) electrons. The highest BCUT2D eigenvalue weighted by Crippen LogP contribution is 2.22. The number of carbonyl (C=O) groups is 1. The average molecular weight is 262 g/mol. The van der Waals surface area contributed by atoms with Gasteiger partial charge in [0.05, 0.1) is 0 Å². The molecule has 2 N–H and O–H groups in total. The number of carboxylic acid groups (broad SMARTS) is 1. The Labute approximate surface area is 110 Å². The van der Waals surface area contributed by atoms with E-state index < -0.39 is 12.0 Å². The molecule has 0 bridgehead atoms. The molecule has 0 aliphatic rings. The zero-order valence-electron chi connectivity index (χ0n) is 9.51. The summed E-state index contributed by atoms with van der Waals surface area (Å²) in [5.41, 5.74) is 1.38. The van der Waals surface area contributed by atoms with Crippen LogP contribution in [0.5, 0.6) is 0 Å². The summed E-state index contributed by atoms with van der Waals surface area (Å²) in [6.07, 6.45) is 0. The fourth-order valence-electron chi connectivity index (χ4n) is 1.68. The van der Waals surface area contributed by atoms with E-state index >= 15 is 0 Å². The maximum atomic E-state index is 11.3. The molecule has 0 saturated heterocycles. The first-order chi connectivity index (χ1) is 8.66. The Hall–Kier alpha value is -2.00. The number of halogens is 1. The van der Waals surface area contributed by atoms with Crippen molar-refractivity contribution in [3.63, 3.8) is 0 Å². The van der Waals surface area contributed by atoms with Crippen LogP contribution in [0.4, 0.5) is 5.69 Å². The summed E-state index contributed by atoms with van der Waals surface area (Å²) >= 11 is 5.87. The molecule has 0 aromatic heterocycles. The molecule has 0 aliphatic heterocycles. The van der Waals surface area contributed by atoms with Crippen LogP contribution >= 0.6 is 11.6 Å². The van der Waals surface area contributed by atoms with E-state index in [1.807, 2.05) is 18.2 Å². The smallest absolute Gasteiger partial charge is 0.330 e. The minimum Gasteiger partial charge on any atom is -0.479 e. The van der Waals surface area contributed by atoms with E-state index in [4.69, 9.17) is 11.6 Å². The lowest BCUT2D eigenvalue weighted by molar-refractivity contribution is -0.138. The number of anilines is 1. The van der Waals surface area contributed by atoms with E-state index in [0.717, 1.165) is 0 Å². The molecule has 2 rings (SSSR count). The zero-order chi connectivity index (χ0) is 13.0. The van der Waals surface area contributed by atoms with Gasteiger partial charge < -0.3 is 10.4 Å². The Morgan fingerprint density at radius 2 is 1.83 bits per heavy atom. The van der Waals surface area contributed by atoms with Gasteiger partial charge in [-0.2, -0.15) is 0 Å². The van der Waals surface area contributed by atoms with Crippen LogP contribution in [0.1, 0.15) is 11.6 Å². The molecule has 0 fully saturated rings. The molecule has 2 aromatic rings. The molecular weight excluding hydrogens is 250 g/mol. The second-order valence-electron chi connectivity index (χ2n) is 3.84. The van der Waals surface area contributed by atoms with Gasteiger partial charge in [0.2, 0.25) is 0 Å². The van der Waals surface area contributed by atoms with Crippen LogP contribution in [0.15, 0.2) is 54.6 Å². The van der Waals surface area contributed by atoms with E-state index in [1.54, 1.807) is 36.4 Å². The van der Waals surface area contributed by atoms with Crippen molar-refractivity contribution in [1.82, 2.24) is 0 Å². The normalized spacial score (nSPS) is 11.8. The Bertz CT molecular complexity index is 543. The molecule has 0 unspecified atom stereocenters. The fraction of sp³-hybridized carbons (Fsp3) is 0.0714. The van der Waals surface area contributed by atoms with Crippen molar-refractivity contribution >= 4 is 23.3 Å². The topological polar surface area (TPSA) is 49.3 Å². The average Bonchev–Trinajstić information content (AvgIpc) is 2.37. The van der Waals surface area contributed by atoms with Gasteiger partial charge >= 0.3 is 5.97 Å². The van der Waals surface area contributed by atoms with Gasteiger partial charge in [-0.25, -0.2) is 4.79 Å². The van der Waals surface area contributed by atoms with Gasteiger partial charge in [0.25, 0.3) is 0 Å². The summed E-state index contributed by atoms with van der Waals surface area (Å²) in [6.45, 7) is 0. The van der Waals surface area contributed by atoms with E-state index in [1.165, 1.54) is 0 Å². The van der Waals surface area contributed by atoms with E-state index in [0.29, 0.717) is 16.3 Å². The highest BCUT2D eigenvalue weighted by Gasteiger charge is 2.19. The number of hydrogen-bond donors (Lipinski definition) is 2.